The number of H-pyrrole nitrogens is 1. The summed E-state index contributed by atoms with van der Waals surface area (Å²) in [6.07, 6.45) is 8.70. The summed E-state index contributed by atoms with van der Waals surface area (Å²) in [5.41, 5.74) is 2.79. The van der Waals surface area contributed by atoms with Crippen molar-refractivity contribution in [2.24, 2.45) is 5.92 Å². The number of phenolic OH excluding ortho intramolecular Hbond substituents is 1. The Balaban J connectivity index is 0. The number of hydrogen-bond acceptors (Lipinski definition) is 6. The number of phenols is 1. The molecule has 0 aliphatic carbocycles. The van der Waals surface area contributed by atoms with Gasteiger partial charge in [0.15, 0.2) is 0 Å². The molecule has 1 aromatic heterocycles. The third kappa shape index (κ3) is 16.5. The van der Waals surface area contributed by atoms with Gasteiger partial charge in [-0.1, -0.05) is 65.0 Å². The highest BCUT2D eigenvalue weighted by Gasteiger charge is 2.17. The van der Waals surface area contributed by atoms with Crippen LogP contribution in [0.1, 0.15) is 76.2 Å². The molecule has 1 aliphatic rings. The molecule has 2 aromatic rings. The van der Waals surface area contributed by atoms with E-state index in [9.17, 15) is 9.90 Å². The highest BCUT2D eigenvalue weighted by Crippen LogP contribution is 2.22. The van der Waals surface area contributed by atoms with Gasteiger partial charge in [0, 0.05) is 49.6 Å². The van der Waals surface area contributed by atoms with Gasteiger partial charge < -0.3 is 20.2 Å². The number of allylic oxidation sites excluding steroid dienone is 3. The molecule has 7 nitrogen and oxygen atoms in total. The van der Waals surface area contributed by atoms with E-state index in [4.69, 9.17) is 21.7 Å². The molecule has 9 heteroatoms. The van der Waals surface area contributed by atoms with Crippen LogP contribution in [0.25, 0.3) is 0 Å². The number of alkyl halides is 2. The summed E-state index contributed by atoms with van der Waals surface area (Å²) in [7, 11) is 0. The predicted octanol–water partition coefficient (Wildman–Crippen LogP) is 7.50. The fourth-order valence-electron chi connectivity index (χ4n) is 3.49. The number of morpholine rings is 1. The van der Waals surface area contributed by atoms with E-state index in [0.29, 0.717) is 54.9 Å². The van der Waals surface area contributed by atoms with Crippen molar-refractivity contribution in [3.8, 4) is 5.75 Å². The number of aromatic hydroxyl groups is 1. The van der Waals surface area contributed by atoms with E-state index in [-0.39, 0.29) is 17.2 Å². The molecule has 41 heavy (non-hydrogen) atoms. The summed E-state index contributed by atoms with van der Waals surface area (Å²) < 4.78 is 5.37. The maximum Gasteiger partial charge on any atom is 0.260 e. The molecule has 0 radical (unpaired) electrons. The molecule has 0 atom stereocenters. The van der Waals surface area contributed by atoms with Crippen molar-refractivity contribution in [1.29, 1.82) is 5.41 Å². The van der Waals surface area contributed by atoms with Crippen molar-refractivity contribution in [2.75, 3.05) is 38.6 Å². The van der Waals surface area contributed by atoms with Gasteiger partial charge in [-0.05, 0) is 37.8 Å². The Labute approximate surface area is 258 Å². The van der Waals surface area contributed by atoms with Crippen LogP contribution in [-0.4, -0.2) is 64.3 Å². The maximum absolute atomic E-state index is 12.5. The molecule has 1 fully saturated rings. The standard InChI is InChI=1S/C21H28N4O3.C4H7Cl.C4H8.C2H6.CH3Cl/c1-13(2)20(22)19-14(3)23-18(24-21(19)27)11-15-4-5-17(26)16(10-15)12-25-6-8-28-9-7-25;1-2-3-4-5;1-3-4-2;2*1-2/h4-5,10,13,22,26H,6-9,11-12H2,1-3H3,(H,23,24,27);2-3H,4H2,1H3;3H,1,4H2,2H3;1-2H3;1H3/b;3-2-;;;. The van der Waals surface area contributed by atoms with E-state index in [1.807, 2.05) is 65.0 Å². The molecule has 232 valence electrons. The van der Waals surface area contributed by atoms with Crippen LogP contribution in [0.5, 0.6) is 5.75 Å². The van der Waals surface area contributed by atoms with Gasteiger partial charge in [-0.2, -0.15) is 0 Å². The molecule has 2 heterocycles. The molecular formula is C32H52Cl2N4O3. The Morgan fingerprint density at radius 1 is 1.27 bits per heavy atom. The summed E-state index contributed by atoms with van der Waals surface area (Å²) in [6.45, 7) is 20.8. The molecule has 0 saturated carbocycles. The lowest BCUT2D eigenvalue weighted by Crippen LogP contribution is -2.35. The number of nitrogens with zero attached hydrogens (tertiary/aromatic N) is 2. The smallest absolute Gasteiger partial charge is 0.260 e. The minimum atomic E-state index is -0.270. The summed E-state index contributed by atoms with van der Waals surface area (Å²) >= 11 is 9.85. The molecule has 0 bridgehead atoms. The Bertz CT molecular complexity index is 1080. The first-order valence-corrected chi connectivity index (χ1v) is 15.4. The van der Waals surface area contributed by atoms with Gasteiger partial charge in [-0.3, -0.25) is 9.69 Å². The second kappa shape index (κ2) is 25.3. The fourth-order valence-corrected chi connectivity index (χ4v) is 3.67. The van der Waals surface area contributed by atoms with Gasteiger partial charge in [-0.25, -0.2) is 4.98 Å². The van der Waals surface area contributed by atoms with Crippen LogP contribution in [0.4, 0.5) is 0 Å². The van der Waals surface area contributed by atoms with Crippen LogP contribution >= 0.6 is 23.2 Å². The molecule has 0 unspecified atom stereocenters. The van der Waals surface area contributed by atoms with Gasteiger partial charge in [-0.15, -0.1) is 29.8 Å². The number of nitrogens with one attached hydrogen (secondary N) is 2. The van der Waals surface area contributed by atoms with E-state index < -0.39 is 0 Å². The topological polar surface area (TPSA) is 102 Å². The van der Waals surface area contributed by atoms with E-state index in [1.54, 1.807) is 13.0 Å². The van der Waals surface area contributed by atoms with Crippen LogP contribution < -0.4 is 5.56 Å². The van der Waals surface area contributed by atoms with Crippen molar-refractivity contribution in [2.45, 2.75) is 67.9 Å². The lowest BCUT2D eigenvalue weighted by Gasteiger charge is -2.27. The Morgan fingerprint density at radius 3 is 2.29 bits per heavy atom. The lowest BCUT2D eigenvalue weighted by molar-refractivity contribution is 0.0339. The number of benzene rings is 1. The highest BCUT2D eigenvalue weighted by atomic mass is 35.5. The number of hydrogen-bond donors (Lipinski definition) is 3. The third-order valence-corrected chi connectivity index (χ3v) is 5.80. The Kier molecular flexibility index (Phi) is 25.1. The van der Waals surface area contributed by atoms with E-state index >= 15 is 0 Å². The average Bonchev–Trinajstić information content (AvgIpc) is 2.98. The summed E-state index contributed by atoms with van der Waals surface area (Å²) in [5.74, 6) is 1.43. The van der Waals surface area contributed by atoms with Crippen LogP contribution in [0.2, 0.25) is 0 Å². The largest absolute Gasteiger partial charge is 0.508 e. The zero-order valence-electron chi connectivity index (χ0n) is 26.3. The zero-order valence-corrected chi connectivity index (χ0v) is 27.8. The minimum absolute atomic E-state index is 0.0349. The quantitative estimate of drug-likeness (QED) is 0.163. The third-order valence-electron chi connectivity index (χ3n) is 5.62. The van der Waals surface area contributed by atoms with Crippen LogP contribution in [0, 0.1) is 18.3 Å². The molecule has 3 rings (SSSR count). The molecular weight excluding hydrogens is 559 g/mol. The average molecular weight is 612 g/mol. The van der Waals surface area contributed by atoms with Crippen LogP contribution in [0.3, 0.4) is 0 Å². The first-order valence-electron chi connectivity index (χ1n) is 14.1. The minimum Gasteiger partial charge on any atom is -0.508 e. The SMILES string of the molecule is C/C=C\CCl.C=CCC.CC.CCl.Cc1nc(Cc2ccc(O)c(CN3CCOCC3)c2)[nH]c(=O)c1C(=N)C(C)C. The van der Waals surface area contributed by atoms with Gasteiger partial charge in [0.2, 0.25) is 0 Å². The van der Waals surface area contributed by atoms with Crippen molar-refractivity contribution in [3.63, 3.8) is 0 Å². The second-order valence-electron chi connectivity index (χ2n) is 8.99. The van der Waals surface area contributed by atoms with Gasteiger partial charge in [0.25, 0.3) is 5.56 Å². The number of aromatic amines is 1. The van der Waals surface area contributed by atoms with Gasteiger partial charge in [0.05, 0.1) is 24.5 Å². The van der Waals surface area contributed by atoms with Crippen molar-refractivity contribution in [1.82, 2.24) is 14.9 Å². The van der Waals surface area contributed by atoms with Crippen molar-refractivity contribution in [3.05, 3.63) is 81.6 Å². The fraction of sp³-hybridized carbons (Fsp3) is 0.531. The van der Waals surface area contributed by atoms with Crippen molar-refractivity contribution < 1.29 is 9.84 Å². The van der Waals surface area contributed by atoms with Crippen LogP contribution in [0.15, 0.2) is 47.8 Å². The molecule has 0 amide bonds. The van der Waals surface area contributed by atoms with E-state index in [0.717, 1.165) is 30.6 Å². The van der Waals surface area contributed by atoms with Gasteiger partial charge >= 0.3 is 0 Å². The Hall–Kier alpha value is -2.45. The van der Waals surface area contributed by atoms with E-state index in [1.165, 1.54) is 6.38 Å². The number of ether oxygens (including phenoxy) is 1. The van der Waals surface area contributed by atoms with Crippen LogP contribution in [-0.2, 0) is 17.7 Å². The maximum atomic E-state index is 12.5. The first kappa shape index (κ1) is 40.7. The zero-order chi connectivity index (χ0) is 31.8. The Morgan fingerprint density at radius 2 is 1.85 bits per heavy atom. The summed E-state index contributed by atoms with van der Waals surface area (Å²) in [6, 6.07) is 5.50. The molecule has 1 aromatic carbocycles. The monoisotopic (exact) mass is 610 g/mol. The van der Waals surface area contributed by atoms with E-state index in [2.05, 4.69) is 40.0 Å². The lowest BCUT2D eigenvalue weighted by atomic mass is 10.00. The first-order chi connectivity index (χ1) is 19.7. The van der Waals surface area contributed by atoms with Crippen molar-refractivity contribution >= 4 is 28.9 Å². The normalized spacial score (nSPS) is 12.5. The number of halogens is 2. The number of aryl methyl sites for hydroxylation is 1. The molecule has 3 N–H and O–H groups in total. The summed E-state index contributed by atoms with van der Waals surface area (Å²) in [4.78, 5) is 22.1. The molecule has 1 saturated heterocycles. The van der Waals surface area contributed by atoms with Gasteiger partial charge in [0.1, 0.15) is 11.6 Å². The molecule has 1 aliphatic heterocycles. The number of aromatic nitrogens is 2. The number of rotatable bonds is 8. The summed E-state index contributed by atoms with van der Waals surface area (Å²) in [5, 5.41) is 18.3. The highest BCUT2D eigenvalue weighted by molar-refractivity contribution is 6.18. The predicted molar refractivity (Wildman–Crippen MR) is 177 cm³/mol. The second-order valence-corrected chi connectivity index (χ2v) is 9.30. The molecule has 0 spiro atoms.